The SMILES string of the molecule is CC(C)(C)C(NC(=O)NC(C1CC1)C1CC1)C(=O)O. The highest BCUT2D eigenvalue weighted by atomic mass is 16.4. The number of carboxylic acids is 1. The number of carbonyl (C=O) groups is 2. The molecule has 2 rings (SSSR count). The third kappa shape index (κ3) is 3.85. The fourth-order valence-electron chi connectivity index (χ4n) is 2.50. The quantitative estimate of drug-likeness (QED) is 0.713. The van der Waals surface area contributed by atoms with Crippen molar-refractivity contribution in [3.8, 4) is 0 Å². The van der Waals surface area contributed by atoms with Gasteiger partial charge in [0.15, 0.2) is 0 Å². The maximum atomic E-state index is 12.0. The molecule has 3 N–H and O–H groups in total. The van der Waals surface area contributed by atoms with E-state index < -0.39 is 17.4 Å². The van der Waals surface area contributed by atoms with E-state index in [0.717, 1.165) is 0 Å². The summed E-state index contributed by atoms with van der Waals surface area (Å²) in [7, 11) is 0. The van der Waals surface area contributed by atoms with Crippen LogP contribution in [-0.4, -0.2) is 29.2 Å². The monoisotopic (exact) mass is 268 g/mol. The largest absolute Gasteiger partial charge is 0.480 e. The molecule has 1 atom stereocenters. The molecule has 2 amide bonds. The number of carbonyl (C=O) groups excluding carboxylic acids is 1. The zero-order valence-electron chi connectivity index (χ0n) is 11.9. The summed E-state index contributed by atoms with van der Waals surface area (Å²) in [6.45, 7) is 5.43. The van der Waals surface area contributed by atoms with Crippen molar-refractivity contribution in [1.82, 2.24) is 10.6 Å². The first-order valence-corrected chi connectivity index (χ1v) is 7.09. The Bertz CT molecular complexity index is 355. The highest BCUT2D eigenvalue weighted by molar-refractivity contribution is 5.83. The van der Waals surface area contributed by atoms with Crippen LogP contribution in [0.15, 0.2) is 0 Å². The summed E-state index contributed by atoms with van der Waals surface area (Å²) < 4.78 is 0. The average Bonchev–Trinajstić information content (AvgIpc) is 3.14. The molecule has 5 heteroatoms. The van der Waals surface area contributed by atoms with E-state index in [-0.39, 0.29) is 12.1 Å². The second kappa shape index (κ2) is 5.02. The standard InChI is InChI=1S/C14H24N2O3/c1-14(2,3)11(12(17)18)16-13(19)15-10(8-4-5-8)9-6-7-9/h8-11H,4-7H2,1-3H3,(H,17,18)(H2,15,16,19). The lowest BCUT2D eigenvalue weighted by atomic mass is 9.87. The number of nitrogens with one attached hydrogen (secondary N) is 2. The molecule has 0 aromatic heterocycles. The first-order chi connectivity index (χ1) is 8.79. The van der Waals surface area contributed by atoms with Gasteiger partial charge in [-0.3, -0.25) is 0 Å². The number of carboxylic acid groups (broad SMARTS) is 1. The Labute approximate surface area is 114 Å². The summed E-state index contributed by atoms with van der Waals surface area (Å²) in [6, 6.07) is -0.966. The van der Waals surface area contributed by atoms with Crippen molar-refractivity contribution in [3.05, 3.63) is 0 Å². The van der Waals surface area contributed by atoms with Gasteiger partial charge in [-0.1, -0.05) is 20.8 Å². The maximum Gasteiger partial charge on any atom is 0.326 e. The van der Waals surface area contributed by atoms with Crippen molar-refractivity contribution in [2.45, 2.75) is 58.5 Å². The summed E-state index contributed by atoms with van der Waals surface area (Å²) in [4.78, 5) is 23.2. The van der Waals surface area contributed by atoms with Gasteiger partial charge in [0, 0.05) is 6.04 Å². The minimum absolute atomic E-state index is 0.245. The second-order valence-electron chi connectivity index (χ2n) is 6.96. The highest BCUT2D eigenvalue weighted by Gasteiger charge is 2.43. The molecule has 2 fully saturated rings. The van der Waals surface area contributed by atoms with Gasteiger partial charge in [-0.15, -0.1) is 0 Å². The summed E-state index contributed by atoms with van der Waals surface area (Å²) in [5, 5.41) is 14.8. The molecule has 19 heavy (non-hydrogen) atoms. The molecule has 0 aromatic rings. The molecule has 0 radical (unpaired) electrons. The van der Waals surface area contributed by atoms with Crippen LogP contribution in [-0.2, 0) is 4.79 Å². The predicted molar refractivity (Wildman–Crippen MR) is 71.8 cm³/mol. The van der Waals surface area contributed by atoms with E-state index in [1.165, 1.54) is 25.7 Å². The van der Waals surface area contributed by atoms with Gasteiger partial charge in [-0.25, -0.2) is 9.59 Å². The predicted octanol–water partition coefficient (Wildman–Crippen LogP) is 1.97. The molecule has 108 valence electrons. The minimum atomic E-state index is -0.989. The Morgan fingerprint density at radius 3 is 1.84 bits per heavy atom. The van der Waals surface area contributed by atoms with Gasteiger partial charge in [0.05, 0.1) is 0 Å². The number of hydrogen-bond acceptors (Lipinski definition) is 2. The van der Waals surface area contributed by atoms with Crippen LogP contribution in [0.25, 0.3) is 0 Å². The first-order valence-electron chi connectivity index (χ1n) is 7.09. The van der Waals surface area contributed by atoms with Crippen LogP contribution < -0.4 is 10.6 Å². The summed E-state index contributed by atoms with van der Waals surface area (Å²) >= 11 is 0. The van der Waals surface area contributed by atoms with Crippen molar-refractivity contribution in [2.75, 3.05) is 0 Å². The first kappa shape index (κ1) is 14.2. The van der Waals surface area contributed by atoms with Crippen LogP contribution in [0, 0.1) is 17.3 Å². The molecule has 0 spiro atoms. The number of rotatable bonds is 5. The molecule has 1 unspecified atom stereocenters. The van der Waals surface area contributed by atoms with Crippen LogP contribution >= 0.6 is 0 Å². The van der Waals surface area contributed by atoms with Gasteiger partial charge in [0.1, 0.15) is 6.04 Å². The van der Waals surface area contributed by atoms with Gasteiger partial charge in [-0.05, 0) is 42.9 Å². The molecular weight excluding hydrogens is 244 g/mol. The molecule has 2 aliphatic rings. The van der Waals surface area contributed by atoms with E-state index >= 15 is 0 Å². The number of aliphatic carboxylic acids is 1. The Hall–Kier alpha value is -1.26. The zero-order valence-corrected chi connectivity index (χ0v) is 11.9. The third-order valence-corrected chi connectivity index (χ3v) is 3.95. The number of urea groups is 1. The van der Waals surface area contributed by atoms with Gasteiger partial charge < -0.3 is 15.7 Å². The van der Waals surface area contributed by atoms with E-state index in [2.05, 4.69) is 10.6 Å². The lowest BCUT2D eigenvalue weighted by molar-refractivity contribution is -0.141. The van der Waals surface area contributed by atoms with Gasteiger partial charge >= 0.3 is 12.0 Å². The average molecular weight is 268 g/mol. The third-order valence-electron chi connectivity index (χ3n) is 3.95. The Morgan fingerprint density at radius 2 is 1.53 bits per heavy atom. The fourth-order valence-corrected chi connectivity index (χ4v) is 2.50. The van der Waals surface area contributed by atoms with Crippen molar-refractivity contribution in [2.24, 2.45) is 17.3 Å². The van der Waals surface area contributed by atoms with Crippen LogP contribution in [0.1, 0.15) is 46.5 Å². The van der Waals surface area contributed by atoms with E-state index in [1.54, 1.807) is 0 Å². The van der Waals surface area contributed by atoms with E-state index in [1.807, 2.05) is 20.8 Å². The summed E-state index contributed by atoms with van der Waals surface area (Å²) in [5.41, 5.74) is -0.502. The van der Waals surface area contributed by atoms with Crippen LogP contribution in [0.3, 0.4) is 0 Å². The van der Waals surface area contributed by atoms with E-state index in [9.17, 15) is 14.7 Å². The van der Waals surface area contributed by atoms with Crippen LogP contribution in [0.2, 0.25) is 0 Å². The minimum Gasteiger partial charge on any atom is -0.480 e. The Morgan fingerprint density at radius 1 is 1.05 bits per heavy atom. The van der Waals surface area contributed by atoms with Crippen molar-refractivity contribution >= 4 is 12.0 Å². The lowest BCUT2D eigenvalue weighted by Gasteiger charge is -2.29. The Kier molecular flexibility index (Phi) is 3.74. The molecule has 5 nitrogen and oxygen atoms in total. The topological polar surface area (TPSA) is 78.4 Å². The van der Waals surface area contributed by atoms with Crippen LogP contribution in [0.4, 0.5) is 4.79 Å². The van der Waals surface area contributed by atoms with E-state index in [4.69, 9.17) is 0 Å². The van der Waals surface area contributed by atoms with Crippen molar-refractivity contribution < 1.29 is 14.7 Å². The summed E-state index contributed by atoms with van der Waals surface area (Å²) in [6.07, 6.45) is 4.73. The number of amides is 2. The second-order valence-corrected chi connectivity index (χ2v) is 6.96. The normalized spacial score (nSPS) is 21.1. The maximum absolute atomic E-state index is 12.0. The Balaban J connectivity index is 1.89. The molecular formula is C14H24N2O3. The molecule has 0 aliphatic heterocycles. The fraction of sp³-hybridized carbons (Fsp3) is 0.857. The number of hydrogen-bond donors (Lipinski definition) is 3. The van der Waals surface area contributed by atoms with Crippen molar-refractivity contribution in [3.63, 3.8) is 0 Å². The molecule has 0 bridgehead atoms. The van der Waals surface area contributed by atoms with Crippen LogP contribution in [0.5, 0.6) is 0 Å². The van der Waals surface area contributed by atoms with Gasteiger partial charge in [0.2, 0.25) is 0 Å². The van der Waals surface area contributed by atoms with E-state index in [0.29, 0.717) is 11.8 Å². The lowest BCUT2D eigenvalue weighted by Crippen LogP contribution is -2.54. The zero-order chi connectivity index (χ0) is 14.2. The smallest absolute Gasteiger partial charge is 0.326 e. The summed E-state index contributed by atoms with van der Waals surface area (Å²) in [5.74, 6) is 0.226. The van der Waals surface area contributed by atoms with Gasteiger partial charge in [0.25, 0.3) is 0 Å². The van der Waals surface area contributed by atoms with Crippen molar-refractivity contribution in [1.29, 1.82) is 0 Å². The molecule has 0 aromatic carbocycles. The molecule has 2 saturated carbocycles. The molecule has 0 saturated heterocycles. The molecule has 0 heterocycles. The van der Waals surface area contributed by atoms with Gasteiger partial charge in [-0.2, -0.15) is 0 Å². The molecule has 2 aliphatic carbocycles. The highest BCUT2D eigenvalue weighted by Crippen LogP contribution is 2.44.